The van der Waals surface area contributed by atoms with Crippen LogP contribution in [0.2, 0.25) is 10.0 Å². The van der Waals surface area contributed by atoms with Crippen molar-refractivity contribution in [2.45, 2.75) is 19.8 Å². The Kier molecular flexibility index (Phi) is 6.27. The summed E-state index contributed by atoms with van der Waals surface area (Å²) in [7, 11) is 0. The summed E-state index contributed by atoms with van der Waals surface area (Å²) in [5, 5.41) is 14.1. The molecule has 0 bridgehead atoms. The normalized spacial score (nSPS) is 14.0. The van der Waals surface area contributed by atoms with Crippen LogP contribution in [0.25, 0.3) is 0 Å². The van der Waals surface area contributed by atoms with Gasteiger partial charge in [0.1, 0.15) is 0 Å². The van der Waals surface area contributed by atoms with Gasteiger partial charge in [0.05, 0.1) is 12.1 Å². The Balaban J connectivity index is 1.59. The maximum atomic E-state index is 12.4. The van der Waals surface area contributed by atoms with Crippen LogP contribution in [-0.4, -0.2) is 30.0 Å². The molecule has 5 nitrogen and oxygen atoms in total. The Morgan fingerprint density at radius 2 is 1.82 bits per heavy atom. The Hall–Kier alpha value is -2.50. The number of halogens is 2. The molecule has 3 rings (SSSR count). The van der Waals surface area contributed by atoms with E-state index in [4.69, 9.17) is 23.2 Å². The number of aliphatic hydroxyl groups is 1. The number of nitrogens with one attached hydrogen (secondary N) is 1. The van der Waals surface area contributed by atoms with Crippen molar-refractivity contribution in [3.05, 3.63) is 75.0 Å². The molecule has 0 unspecified atom stereocenters. The summed E-state index contributed by atoms with van der Waals surface area (Å²) in [5.74, 6) is -1.52. The third-order valence-corrected chi connectivity index (χ3v) is 5.39. The van der Waals surface area contributed by atoms with Crippen molar-refractivity contribution in [2.24, 2.45) is 0 Å². The van der Waals surface area contributed by atoms with Crippen LogP contribution in [0, 0.1) is 6.92 Å². The SMILES string of the molecule is Cc1ccccc1N1CC(C(=O)NCCCc2c(Cl)cccc2Cl)=C(O)C1=O. The van der Waals surface area contributed by atoms with Gasteiger partial charge >= 0.3 is 0 Å². The highest BCUT2D eigenvalue weighted by Crippen LogP contribution is 2.28. The van der Waals surface area contributed by atoms with E-state index in [0.29, 0.717) is 35.1 Å². The van der Waals surface area contributed by atoms with Gasteiger partial charge < -0.3 is 15.3 Å². The van der Waals surface area contributed by atoms with Crippen LogP contribution in [0.1, 0.15) is 17.5 Å². The molecular weight excluding hydrogens is 399 g/mol. The molecule has 0 aromatic heterocycles. The molecule has 0 saturated heterocycles. The van der Waals surface area contributed by atoms with E-state index in [1.807, 2.05) is 25.1 Å². The van der Waals surface area contributed by atoms with Gasteiger partial charge in [-0.3, -0.25) is 9.59 Å². The van der Waals surface area contributed by atoms with Crippen molar-refractivity contribution < 1.29 is 14.7 Å². The predicted molar refractivity (Wildman–Crippen MR) is 111 cm³/mol. The molecule has 0 spiro atoms. The third kappa shape index (κ3) is 4.16. The largest absolute Gasteiger partial charge is 0.503 e. The average Bonchev–Trinajstić information content (AvgIpc) is 2.96. The molecule has 2 N–H and O–H groups in total. The number of para-hydroxylation sites is 1. The summed E-state index contributed by atoms with van der Waals surface area (Å²) in [6.07, 6.45) is 1.23. The number of carbonyl (C=O) groups excluding carboxylic acids is 2. The zero-order valence-corrected chi connectivity index (χ0v) is 16.8. The van der Waals surface area contributed by atoms with Gasteiger partial charge in [-0.05, 0) is 49.1 Å². The fourth-order valence-electron chi connectivity index (χ4n) is 3.15. The van der Waals surface area contributed by atoms with E-state index >= 15 is 0 Å². The van der Waals surface area contributed by atoms with Crippen molar-refractivity contribution in [3.8, 4) is 0 Å². The number of aliphatic hydroxyl groups excluding tert-OH is 1. The summed E-state index contributed by atoms with van der Waals surface area (Å²) >= 11 is 12.3. The van der Waals surface area contributed by atoms with Crippen molar-refractivity contribution >= 4 is 40.7 Å². The number of nitrogens with zero attached hydrogens (tertiary/aromatic N) is 1. The molecule has 2 aromatic rings. The van der Waals surface area contributed by atoms with Gasteiger partial charge in [-0.25, -0.2) is 0 Å². The van der Waals surface area contributed by atoms with Crippen LogP contribution in [0.3, 0.4) is 0 Å². The predicted octanol–water partition coefficient (Wildman–Crippen LogP) is 4.21. The van der Waals surface area contributed by atoms with Gasteiger partial charge in [-0.2, -0.15) is 0 Å². The Morgan fingerprint density at radius 1 is 1.14 bits per heavy atom. The molecule has 1 heterocycles. The molecular formula is C21H20Cl2N2O3. The second-order valence-electron chi connectivity index (χ2n) is 6.56. The first-order valence-corrected chi connectivity index (χ1v) is 9.66. The van der Waals surface area contributed by atoms with Gasteiger partial charge in [-0.1, -0.05) is 47.5 Å². The van der Waals surface area contributed by atoms with E-state index < -0.39 is 17.6 Å². The number of aryl methyl sites for hydroxylation is 1. The van der Waals surface area contributed by atoms with E-state index in [1.165, 1.54) is 4.90 Å². The first-order valence-electron chi connectivity index (χ1n) is 8.91. The molecule has 2 aromatic carbocycles. The van der Waals surface area contributed by atoms with Crippen LogP contribution >= 0.6 is 23.2 Å². The fourth-order valence-corrected chi connectivity index (χ4v) is 3.73. The van der Waals surface area contributed by atoms with Gasteiger partial charge in [0.15, 0.2) is 5.76 Å². The minimum Gasteiger partial charge on any atom is -0.503 e. The van der Waals surface area contributed by atoms with Gasteiger partial charge in [0.2, 0.25) is 0 Å². The lowest BCUT2D eigenvalue weighted by Gasteiger charge is -2.18. The maximum absolute atomic E-state index is 12.4. The monoisotopic (exact) mass is 418 g/mol. The summed E-state index contributed by atoms with van der Waals surface area (Å²) in [6.45, 7) is 2.28. The molecule has 28 heavy (non-hydrogen) atoms. The number of benzene rings is 2. The van der Waals surface area contributed by atoms with Crippen LogP contribution < -0.4 is 10.2 Å². The first-order chi connectivity index (χ1) is 13.4. The second kappa shape index (κ2) is 8.67. The molecule has 0 atom stereocenters. The van der Waals surface area contributed by atoms with Gasteiger partial charge in [0, 0.05) is 22.3 Å². The summed E-state index contributed by atoms with van der Waals surface area (Å²) in [4.78, 5) is 26.2. The second-order valence-corrected chi connectivity index (χ2v) is 7.38. The number of anilines is 1. The third-order valence-electron chi connectivity index (χ3n) is 4.68. The molecule has 146 valence electrons. The van der Waals surface area contributed by atoms with Crippen LogP contribution in [0.5, 0.6) is 0 Å². The average molecular weight is 419 g/mol. The number of amides is 2. The van der Waals surface area contributed by atoms with E-state index in [0.717, 1.165) is 11.1 Å². The molecule has 0 saturated carbocycles. The minimum absolute atomic E-state index is 0.0394. The van der Waals surface area contributed by atoms with Crippen molar-refractivity contribution in [2.75, 3.05) is 18.0 Å². The molecule has 2 amide bonds. The highest BCUT2D eigenvalue weighted by atomic mass is 35.5. The number of carbonyl (C=O) groups is 2. The summed E-state index contributed by atoms with van der Waals surface area (Å²) in [6, 6.07) is 12.7. The smallest absolute Gasteiger partial charge is 0.294 e. The van der Waals surface area contributed by atoms with Crippen molar-refractivity contribution in [3.63, 3.8) is 0 Å². The lowest BCUT2D eigenvalue weighted by molar-refractivity contribution is -0.119. The fraction of sp³-hybridized carbons (Fsp3) is 0.238. The Labute approximate surface area is 173 Å². The summed E-state index contributed by atoms with van der Waals surface area (Å²) < 4.78 is 0. The van der Waals surface area contributed by atoms with Crippen molar-refractivity contribution in [1.29, 1.82) is 0 Å². The van der Waals surface area contributed by atoms with Gasteiger partial charge in [-0.15, -0.1) is 0 Å². The molecule has 1 aliphatic rings. The topological polar surface area (TPSA) is 69.6 Å². The van der Waals surface area contributed by atoms with E-state index in [9.17, 15) is 14.7 Å². The number of rotatable bonds is 6. The van der Waals surface area contributed by atoms with Gasteiger partial charge in [0.25, 0.3) is 11.8 Å². The summed E-state index contributed by atoms with van der Waals surface area (Å²) in [5.41, 5.74) is 2.48. The minimum atomic E-state index is -0.567. The van der Waals surface area contributed by atoms with Crippen molar-refractivity contribution in [1.82, 2.24) is 5.32 Å². The molecule has 0 radical (unpaired) electrons. The quantitative estimate of drug-likeness (QED) is 0.690. The molecule has 7 heteroatoms. The highest BCUT2D eigenvalue weighted by molar-refractivity contribution is 6.36. The lowest BCUT2D eigenvalue weighted by atomic mass is 10.1. The zero-order valence-electron chi connectivity index (χ0n) is 15.3. The lowest BCUT2D eigenvalue weighted by Crippen LogP contribution is -2.31. The Bertz CT molecular complexity index is 936. The Morgan fingerprint density at radius 3 is 2.50 bits per heavy atom. The number of hydrogen-bond acceptors (Lipinski definition) is 3. The van der Waals surface area contributed by atoms with E-state index in [2.05, 4.69) is 5.32 Å². The van der Waals surface area contributed by atoms with E-state index in [-0.39, 0.29) is 12.1 Å². The molecule has 1 aliphatic heterocycles. The van der Waals surface area contributed by atoms with Crippen LogP contribution in [0.4, 0.5) is 5.69 Å². The standard InChI is InChI=1S/C21H20Cl2N2O3/c1-13-6-2-3-10-18(13)25-12-15(19(26)21(25)28)20(27)24-11-5-7-14-16(22)8-4-9-17(14)23/h2-4,6,8-10,26H,5,7,11-12H2,1H3,(H,24,27). The number of hydrogen-bond donors (Lipinski definition) is 2. The highest BCUT2D eigenvalue weighted by Gasteiger charge is 2.35. The molecule has 0 aliphatic carbocycles. The first kappa shape index (κ1) is 20.2. The zero-order chi connectivity index (χ0) is 20.3. The van der Waals surface area contributed by atoms with Crippen LogP contribution in [0.15, 0.2) is 53.8 Å². The van der Waals surface area contributed by atoms with Crippen LogP contribution in [-0.2, 0) is 16.0 Å². The van der Waals surface area contributed by atoms with E-state index in [1.54, 1.807) is 24.3 Å². The molecule has 0 fully saturated rings. The maximum Gasteiger partial charge on any atom is 0.294 e.